The largest absolute Gasteiger partial charge is 0.463 e. The van der Waals surface area contributed by atoms with Crippen LogP contribution in [0, 0.1) is 0 Å². The van der Waals surface area contributed by atoms with E-state index in [4.69, 9.17) is 32.7 Å². The molecule has 1 aromatic carbocycles. The highest BCUT2D eigenvalue weighted by Crippen LogP contribution is 2.31. The van der Waals surface area contributed by atoms with Gasteiger partial charge in [0.25, 0.3) is 10.2 Å². The number of rotatable bonds is 7. The van der Waals surface area contributed by atoms with E-state index in [2.05, 4.69) is 0 Å². The molecule has 0 saturated carbocycles. The van der Waals surface area contributed by atoms with Gasteiger partial charge in [0.15, 0.2) is 0 Å². The molecule has 8 heteroatoms. The van der Waals surface area contributed by atoms with Crippen LogP contribution < -0.4 is 0 Å². The molecule has 1 aliphatic carbocycles. The zero-order chi connectivity index (χ0) is 20.7. The van der Waals surface area contributed by atoms with Gasteiger partial charge >= 0.3 is 11.9 Å². The Kier molecular flexibility index (Phi) is 7.89. The van der Waals surface area contributed by atoms with Crippen molar-refractivity contribution >= 4 is 41.0 Å². The van der Waals surface area contributed by atoms with E-state index in [0.29, 0.717) is 25.0 Å². The summed E-state index contributed by atoms with van der Waals surface area (Å²) in [7, 11) is 0. The maximum atomic E-state index is 13.1. The maximum Gasteiger partial charge on any atom is 0.352 e. The van der Waals surface area contributed by atoms with Crippen molar-refractivity contribution in [2.45, 2.75) is 50.0 Å². The van der Waals surface area contributed by atoms with Crippen LogP contribution in [0.4, 0.5) is 0 Å². The van der Waals surface area contributed by atoms with Crippen molar-refractivity contribution < 1.29 is 23.9 Å². The molecule has 0 spiro atoms. The molecule has 0 bridgehead atoms. The van der Waals surface area contributed by atoms with Crippen LogP contribution in [0.5, 0.6) is 0 Å². The van der Waals surface area contributed by atoms with Gasteiger partial charge in [0, 0.05) is 25.9 Å². The van der Waals surface area contributed by atoms with E-state index in [1.165, 1.54) is 11.8 Å². The van der Waals surface area contributed by atoms with Crippen LogP contribution >= 0.6 is 23.2 Å². The number of halogens is 2. The first-order valence-electron chi connectivity index (χ1n) is 9.03. The minimum atomic E-state index is -2.33. The first-order valence-corrected chi connectivity index (χ1v) is 9.78. The van der Waals surface area contributed by atoms with Gasteiger partial charge in [-0.1, -0.05) is 53.5 Å². The molecule has 6 nitrogen and oxygen atoms in total. The summed E-state index contributed by atoms with van der Waals surface area (Å²) in [5, 5.41) is 0. The number of hydrogen-bond acceptors (Lipinski definition) is 5. The third-order valence-corrected chi connectivity index (χ3v) is 4.95. The number of allylic oxidation sites excluding steroid dienone is 1. The molecule has 1 amide bonds. The molecule has 1 atom stereocenters. The average Bonchev–Trinajstić information content (AvgIpc) is 2.67. The fourth-order valence-corrected chi connectivity index (χ4v) is 3.32. The van der Waals surface area contributed by atoms with E-state index in [9.17, 15) is 14.4 Å². The molecule has 1 aliphatic rings. The molecule has 0 heterocycles. The van der Waals surface area contributed by atoms with Crippen molar-refractivity contribution in [1.82, 2.24) is 4.90 Å². The molecule has 28 heavy (non-hydrogen) atoms. The number of hydrogen-bond donors (Lipinski definition) is 0. The predicted octanol–water partition coefficient (Wildman–Crippen LogP) is 3.75. The number of benzene rings is 1. The first kappa shape index (κ1) is 22.2. The van der Waals surface area contributed by atoms with Crippen LogP contribution in [-0.4, -0.2) is 39.7 Å². The van der Waals surface area contributed by atoms with Crippen LogP contribution in [0.2, 0.25) is 0 Å². The van der Waals surface area contributed by atoms with E-state index < -0.39 is 16.2 Å². The summed E-state index contributed by atoms with van der Waals surface area (Å²) < 4.78 is 7.66. The Labute approximate surface area is 174 Å². The topological polar surface area (TPSA) is 72.9 Å². The number of alkyl halides is 2. The van der Waals surface area contributed by atoms with Gasteiger partial charge in [0.2, 0.25) is 0 Å². The second-order valence-corrected chi connectivity index (χ2v) is 7.73. The van der Waals surface area contributed by atoms with Crippen molar-refractivity contribution in [2.24, 2.45) is 0 Å². The van der Waals surface area contributed by atoms with Gasteiger partial charge in [-0.3, -0.25) is 9.59 Å². The number of esters is 2. The summed E-state index contributed by atoms with van der Waals surface area (Å²) in [5.41, 5.74) is 0.874. The quantitative estimate of drug-likeness (QED) is 0.376. The first-order chi connectivity index (χ1) is 13.3. The lowest BCUT2D eigenvalue weighted by atomic mass is 9.97. The number of nitrogens with zero attached hydrogens (tertiary/aromatic N) is 1. The van der Waals surface area contributed by atoms with Gasteiger partial charge in [-0.05, 0) is 31.4 Å². The Morgan fingerprint density at radius 1 is 1.21 bits per heavy atom. The molecule has 2 rings (SSSR count). The molecular formula is C20H23Cl2NO5. The van der Waals surface area contributed by atoms with Crippen LogP contribution in [0.25, 0.3) is 0 Å². The summed E-state index contributed by atoms with van der Waals surface area (Å²) in [6, 6.07) is 9.08. The molecule has 152 valence electrons. The van der Waals surface area contributed by atoms with Crippen molar-refractivity contribution in [1.29, 1.82) is 0 Å². The van der Waals surface area contributed by atoms with Crippen molar-refractivity contribution in [2.75, 3.05) is 6.61 Å². The highest BCUT2D eigenvalue weighted by molar-refractivity contribution is 6.67. The Hall–Kier alpha value is -2.05. The van der Waals surface area contributed by atoms with Crippen LogP contribution in [-0.2, 0) is 30.4 Å². The summed E-state index contributed by atoms with van der Waals surface area (Å²) in [4.78, 5) is 37.8. The fraction of sp³-hybridized carbons (Fsp3) is 0.450. The minimum absolute atomic E-state index is 0.0594. The second-order valence-electron chi connectivity index (χ2n) is 6.41. The Balaban J connectivity index is 2.25. The van der Waals surface area contributed by atoms with E-state index in [1.54, 1.807) is 13.0 Å². The summed E-state index contributed by atoms with van der Waals surface area (Å²) in [6.45, 7) is 3.24. The fourth-order valence-electron chi connectivity index (χ4n) is 2.99. The zero-order valence-electron chi connectivity index (χ0n) is 15.8. The SMILES string of the molecule is CCOC(=O)C(Cl)(Cl)C(=O)N(Cc1ccccc1)C1CC=C(OC(C)=O)CC1. The summed E-state index contributed by atoms with van der Waals surface area (Å²) in [5.74, 6) is -1.53. The molecule has 1 aromatic rings. The lowest BCUT2D eigenvalue weighted by Gasteiger charge is -2.36. The third kappa shape index (κ3) is 5.72. The number of carbonyl (C=O) groups excluding carboxylic acids is 3. The van der Waals surface area contributed by atoms with Crippen LogP contribution in [0.1, 0.15) is 38.7 Å². The van der Waals surface area contributed by atoms with E-state index in [-0.39, 0.29) is 25.2 Å². The molecule has 0 fully saturated rings. The van der Waals surface area contributed by atoms with Crippen molar-refractivity contribution in [3.05, 3.63) is 47.7 Å². The van der Waals surface area contributed by atoms with Gasteiger partial charge in [-0.15, -0.1) is 0 Å². The van der Waals surface area contributed by atoms with Gasteiger partial charge in [0.05, 0.1) is 6.61 Å². The van der Waals surface area contributed by atoms with E-state index in [0.717, 1.165) is 5.56 Å². The molecule has 0 aromatic heterocycles. The van der Waals surface area contributed by atoms with Crippen molar-refractivity contribution in [3.8, 4) is 0 Å². The molecule has 0 radical (unpaired) electrons. The highest BCUT2D eigenvalue weighted by atomic mass is 35.5. The van der Waals surface area contributed by atoms with E-state index >= 15 is 0 Å². The number of carbonyl (C=O) groups is 3. The molecule has 0 saturated heterocycles. The monoisotopic (exact) mass is 427 g/mol. The minimum Gasteiger partial charge on any atom is -0.463 e. The standard InChI is InChI=1S/C20H23Cl2NO5/c1-3-27-19(26)20(21,22)18(25)23(13-15-7-5-4-6-8-15)16-9-11-17(12-10-16)28-14(2)24/h4-8,11,16H,3,9-10,12-13H2,1-2H3. The van der Waals surface area contributed by atoms with E-state index in [1.807, 2.05) is 30.3 Å². The predicted molar refractivity (Wildman–Crippen MR) is 106 cm³/mol. The van der Waals surface area contributed by atoms with Crippen LogP contribution in [0.3, 0.4) is 0 Å². The smallest absolute Gasteiger partial charge is 0.352 e. The number of ether oxygens (including phenoxy) is 2. The normalized spacial score (nSPS) is 16.7. The molecule has 0 aliphatic heterocycles. The van der Waals surface area contributed by atoms with Gasteiger partial charge in [-0.2, -0.15) is 0 Å². The second kappa shape index (κ2) is 9.94. The third-order valence-electron chi connectivity index (χ3n) is 4.31. The van der Waals surface area contributed by atoms with Gasteiger partial charge in [0.1, 0.15) is 5.76 Å². The molecule has 1 unspecified atom stereocenters. The lowest BCUT2D eigenvalue weighted by molar-refractivity contribution is -0.151. The van der Waals surface area contributed by atoms with Gasteiger partial charge < -0.3 is 14.4 Å². The van der Waals surface area contributed by atoms with Gasteiger partial charge in [-0.25, -0.2) is 4.79 Å². The summed E-state index contributed by atoms with van der Waals surface area (Å²) in [6.07, 6.45) is 3.26. The van der Waals surface area contributed by atoms with Crippen LogP contribution in [0.15, 0.2) is 42.2 Å². The molecular weight excluding hydrogens is 405 g/mol. The lowest BCUT2D eigenvalue weighted by Crippen LogP contribution is -2.51. The Bertz CT molecular complexity index is 748. The average molecular weight is 428 g/mol. The zero-order valence-corrected chi connectivity index (χ0v) is 17.3. The maximum absolute atomic E-state index is 13.1. The highest BCUT2D eigenvalue weighted by Gasteiger charge is 2.48. The number of amides is 1. The summed E-state index contributed by atoms with van der Waals surface area (Å²) >= 11 is 12.2. The Morgan fingerprint density at radius 3 is 2.43 bits per heavy atom. The molecule has 0 N–H and O–H groups in total. The van der Waals surface area contributed by atoms with Crippen molar-refractivity contribution in [3.63, 3.8) is 0 Å². The Morgan fingerprint density at radius 2 is 1.89 bits per heavy atom.